The minimum atomic E-state index is -3.63. The van der Waals surface area contributed by atoms with Crippen LogP contribution >= 0.6 is 0 Å². The Bertz CT molecular complexity index is 747. The summed E-state index contributed by atoms with van der Waals surface area (Å²) in [5.41, 5.74) is 0.635. The summed E-state index contributed by atoms with van der Waals surface area (Å²) in [6, 6.07) is 4.63. The lowest BCUT2D eigenvalue weighted by Crippen LogP contribution is -2.49. The molecule has 1 N–H and O–H groups in total. The molecule has 1 aromatic carbocycles. The second kappa shape index (κ2) is 7.55. The monoisotopic (exact) mass is 351 g/mol. The molecular formula is C16H21N3O4S. The Labute approximate surface area is 142 Å². The number of nitrogens with one attached hydrogen (secondary N) is 1. The van der Waals surface area contributed by atoms with Crippen LogP contribution in [0, 0.1) is 12.3 Å². The van der Waals surface area contributed by atoms with E-state index in [9.17, 15) is 13.2 Å². The van der Waals surface area contributed by atoms with Gasteiger partial charge in [-0.1, -0.05) is 5.92 Å². The summed E-state index contributed by atoms with van der Waals surface area (Å²) in [5.74, 6) is 2.82. The van der Waals surface area contributed by atoms with Gasteiger partial charge in [-0.25, -0.2) is 8.42 Å². The Morgan fingerprint density at radius 1 is 1.33 bits per heavy atom. The lowest BCUT2D eigenvalue weighted by atomic mass is 10.3. The van der Waals surface area contributed by atoms with Crippen molar-refractivity contribution >= 4 is 21.6 Å². The van der Waals surface area contributed by atoms with Crippen LogP contribution in [0.15, 0.2) is 23.1 Å². The molecular weight excluding hydrogens is 330 g/mol. The van der Waals surface area contributed by atoms with Crippen LogP contribution in [0.4, 0.5) is 5.69 Å². The molecule has 0 aliphatic carbocycles. The maximum Gasteiger partial charge on any atom is 0.243 e. The van der Waals surface area contributed by atoms with Gasteiger partial charge < -0.3 is 15.0 Å². The third kappa shape index (κ3) is 3.80. The Morgan fingerprint density at radius 2 is 2.00 bits per heavy atom. The van der Waals surface area contributed by atoms with Crippen molar-refractivity contribution in [2.75, 3.05) is 45.2 Å². The SMILES string of the molecule is C#CCNc1ccc(S(=O)(=O)N2CCN(C(C)=O)CC2)cc1OC. The van der Waals surface area contributed by atoms with E-state index >= 15 is 0 Å². The number of benzene rings is 1. The van der Waals surface area contributed by atoms with Crippen molar-refractivity contribution in [1.82, 2.24) is 9.21 Å². The third-order valence-electron chi connectivity index (χ3n) is 3.88. The topological polar surface area (TPSA) is 79.0 Å². The Balaban J connectivity index is 2.21. The van der Waals surface area contributed by atoms with E-state index in [0.717, 1.165) is 0 Å². The van der Waals surface area contributed by atoms with Crippen LogP contribution in [0.25, 0.3) is 0 Å². The highest BCUT2D eigenvalue weighted by Gasteiger charge is 2.29. The largest absolute Gasteiger partial charge is 0.495 e. The number of sulfonamides is 1. The minimum absolute atomic E-state index is 0.0438. The molecule has 0 spiro atoms. The number of amides is 1. The number of methoxy groups -OCH3 is 1. The molecule has 1 heterocycles. The van der Waals surface area contributed by atoms with Gasteiger partial charge in [0.1, 0.15) is 5.75 Å². The fraction of sp³-hybridized carbons (Fsp3) is 0.438. The molecule has 1 aromatic rings. The van der Waals surface area contributed by atoms with Crippen LogP contribution in [-0.2, 0) is 14.8 Å². The normalized spacial score (nSPS) is 15.6. The number of hydrogen-bond acceptors (Lipinski definition) is 5. The molecule has 1 fully saturated rings. The third-order valence-corrected chi connectivity index (χ3v) is 5.77. The van der Waals surface area contributed by atoms with E-state index in [1.807, 2.05) is 0 Å². The number of carbonyl (C=O) groups is 1. The fourth-order valence-electron chi connectivity index (χ4n) is 2.52. The zero-order chi connectivity index (χ0) is 17.7. The molecule has 1 aliphatic heterocycles. The van der Waals surface area contributed by atoms with E-state index in [2.05, 4.69) is 11.2 Å². The summed E-state index contributed by atoms with van der Waals surface area (Å²) in [6.07, 6.45) is 5.21. The van der Waals surface area contributed by atoms with Gasteiger partial charge in [0, 0.05) is 39.2 Å². The standard InChI is InChI=1S/C16H21N3O4S/c1-4-7-17-15-6-5-14(12-16(15)23-3)24(21,22)19-10-8-18(9-11-19)13(2)20/h1,5-6,12,17H,7-11H2,2-3H3. The smallest absolute Gasteiger partial charge is 0.243 e. The molecule has 130 valence electrons. The molecule has 1 aliphatic rings. The molecule has 1 amide bonds. The number of anilines is 1. The molecule has 2 rings (SSSR count). The molecule has 1 saturated heterocycles. The van der Waals surface area contributed by atoms with Gasteiger partial charge in [-0.2, -0.15) is 4.31 Å². The first kappa shape index (κ1) is 18.1. The molecule has 24 heavy (non-hydrogen) atoms. The number of rotatable bonds is 5. The molecule has 0 aromatic heterocycles. The maximum absolute atomic E-state index is 12.8. The van der Waals surface area contributed by atoms with E-state index in [4.69, 9.17) is 11.2 Å². The summed E-state index contributed by atoms with van der Waals surface area (Å²) < 4.78 is 32.2. The quantitative estimate of drug-likeness (QED) is 0.786. The predicted molar refractivity (Wildman–Crippen MR) is 91.3 cm³/mol. The molecule has 0 atom stereocenters. The minimum Gasteiger partial charge on any atom is -0.495 e. The van der Waals surface area contributed by atoms with Crippen molar-refractivity contribution in [3.05, 3.63) is 18.2 Å². The summed E-state index contributed by atoms with van der Waals surface area (Å²) in [5, 5.41) is 2.98. The molecule has 8 heteroatoms. The zero-order valence-corrected chi connectivity index (χ0v) is 14.6. The fourth-order valence-corrected chi connectivity index (χ4v) is 3.95. The lowest BCUT2D eigenvalue weighted by molar-refractivity contribution is -0.129. The highest BCUT2D eigenvalue weighted by molar-refractivity contribution is 7.89. The maximum atomic E-state index is 12.8. The van der Waals surface area contributed by atoms with Crippen LogP contribution < -0.4 is 10.1 Å². The van der Waals surface area contributed by atoms with E-state index in [1.54, 1.807) is 11.0 Å². The van der Waals surface area contributed by atoms with Gasteiger partial charge in [0.15, 0.2) is 0 Å². The van der Waals surface area contributed by atoms with E-state index in [0.29, 0.717) is 31.1 Å². The molecule has 0 saturated carbocycles. The van der Waals surface area contributed by atoms with Crippen molar-refractivity contribution in [2.45, 2.75) is 11.8 Å². The van der Waals surface area contributed by atoms with Gasteiger partial charge in [0.25, 0.3) is 0 Å². The first-order chi connectivity index (χ1) is 11.4. The second-order valence-electron chi connectivity index (χ2n) is 5.33. The summed E-state index contributed by atoms with van der Waals surface area (Å²) in [7, 11) is -2.16. The molecule has 0 unspecified atom stereocenters. The Kier molecular flexibility index (Phi) is 5.70. The van der Waals surface area contributed by atoms with Crippen LogP contribution in [0.3, 0.4) is 0 Å². The van der Waals surface area contributed by atoms with Gasteiger partial charge in [-0.05, 0) is 12.1 Å². The van der Waals surface area contributed by atoms with E-state index in [-0.39, 0.29) is 23.9 Å². The van der Waals surface area contributed by atoms with Crippen molar-refractivity contribution in [1.29, 1.82) is 0 Å². The highest BCUT2D eigenvalue weighted by atomic mass is 32.2. The van der Waals surface area contributed by atoms with Gasteiger partial charge >= 0.3 is 0 Å². The lowest BCUT2D eigenvalue weighted by Gasteiger charge is -2.33. The van der Waals surface area contributed by atoms with Crippen molar-refractivity contribution < 1.29 is 17.9 Å². The zero-order valence-electron chi connectivity index (χ0n) is 13.8. The Hall–Kier alpha value is -2.24. The number of ether oxygens (including phenoxy) is 1. The van der Waals surface area contributed by atoms with Crippen molar-refractivity contribution in [3.63, 3.8) is 0 Å². The second-order valence-corrected chi connectivity index (χ2v) is 7.27. The summed E-state index contributed by atoms with van der Waals surface area (Å²) >= 11 is 0. The first-order valence-corrected chi connectivity index (χ1v) is 8.95. The van der Waals surface area contributed by atoms with Crippen molar-refractivity contribution in [3.8, 4) is 18.1 Å². The Morgan fingerprint density at radius 3 is 2.54 bits per heavy atom. The van der Waals surface area contributed by atoms with Crippen LogP contribution in [0.2, 0.25) is 0 Å². The van der Waals surface area contributed by atoms with Crippen LogP contribution in [0.5, 0.6) is 5.75 Å². The van der Waals surface area contributed by atoms with Crippen LogP contribution in [-0.4, -0.2) is 63.4 Å². The van der Waals surface area contributed by atoms with Gasteiger partial charge in [0.05, 0.1) is 24.2 Å². The number of piperazine rings is 1. The first-order valence-electron chi connectivity index (χ1n) is 7.51. The number of terminal acetylenes is 1. The number of hydrogen-bond donors (Lipinski definition) is 1. The highest BCUT2D eigenvalue weighted by Crippen LogP contribution is 2.29. The number of carbonyl (C=O) groups excluding carboxylic acids is 1. The summed E-state index contributed by atoms with van der Waals surface area (Å²) in [4.78, 5) is 13.1. The summed E-state index contributed by atoms with van der Waals surface area (Å²) in [6.45, 7) is 3.15. The van der Waals surface area contributed by atoms with Gasteiger partial charge in [-0.3, -0.25) is 4.79 Å². The average Bonchev–Trinajstić information content (AvgIpc) is 2.59. The van der Waals surface area contributed by atoms with Gasteiger partial charge in [0.2, 0.25) is 15.9 Å². The van der Waals surface area contributed by atoms with E-state index in [1.165, 1.54) is 30.5 Å². The number of nitrogens with zero attached hydrogens (tertiary/aromatic N) is 2. The molecule has 7 nitrogen and oxygen atoms in total. The van der Waals surface area contributed by atoms with Gasteiger partial charge in [-0.15, -0.1) is 6.42 Å². The van der Waals surface area contributed by atoms with Crippen LogP contribution in [0.1, 0.15) is 6.92 Å². The molecule has 0 radical (unpaired) electrons. The predicted octanol–water partition coefficient (Wildman–Crippen LogP) is 0.593. The van der Waals surface area contributed by atoms with E-state index < -0.39 is 10.0 Å². The van der Waals surface area contributed by atoms with Crippen molar-refractivity contribution in [2.24, 2.45) is 0 Å². The molecule has 0 bridgehead atoms. The average molecular weight is 351 g/mol.